The Hall–Kier alpha value is -2.75. The molecule has 2 heterocycles. The van der Waals surface area contributed by atoms with E-state index in [1.165, 1.54) is 16.8 Å². The number of nitrogens with zero attached hydrogens (tertiary/aromatic N) is 2. The Balaban J connectivity index is 1.43. The molecule has 2 aromatic rings. The number of fused-ring (bicyclic) bond motifs is 1. The fraction of sp³-hybridized carbons (Fsp3) is 0.286. The van der Waals surface area contributed by atoms with E-state index in [1.54, 1.807) is 0 Å². The minimum absolute atomic E-state index is 0.00487. The molecule has 0 unspecified atom stereocenters. The summed E-state index contributed by atoms with van der Waals surface area (Å²) >= 11 is 0. The van der Waals surface area contributed by atoms with Gasteiger partial charge in [0.1, 0.15) is 0 Å². The van der Waals surface area contributed by atoms with Crippen LogP contribution in [0.4, 0.5) is 0 Å². The average molecular weight is 333 g/mol. The summed E-state index contributed by atoms with van der Waals surface area (Å²) in [4.78, 5) is 14.9. The van der Waals surface area contributed by atoms with Gasteiger partial charge in [-0.1, -0.05) is 12.1 Å². The molecule has 2 aliphatic rings. The smallest absolute Gasteiger partial charge is 0.251 e. The molecule has 0 radical (unpaired) electrons. The summed E-state index contributed by atoms with van der Waals surface area (Å²) in [6, 6.07) is 10.2. The number of aryl methyl sites for hydroxylation is 1. The number of nitrogens with one attached hydrogen (secondary N) is 1. The quantitative estimate of drug-likeness (QED) is 0.934. The van der Waals surface area contributed by atoms with Gasteiger partial charge in [0, 0.05) is 43.3 Å². The van der Waals surface area contributed by atoms with Crippen LogP contribution in [0.5, 0.6) is 0 Å². The highest BCUT2D eigenvalue weighted by Gasteiger charge is 2.17. The van der Waals surface area contributed by atoms with E-state index >= 15 is 0 Å². The fourth-order valence-corrected chi connectivity index (χ4v) is 3.47. The van der Waals surface area contributed by atoms with Crippen molar-refractivity contribution in [2.24, 2.45) is 7.05 Å². The van der Waals surface area contributed by atoms with Crippen molar-refractivity contribution in [3.63, 3.8) is 0 Å². The maximum atomic E-state index is 12.5. The molecule has 25 heavy (non-hydrogen) atoms. The zero-order chi connectivity index (χ0) is 17.2. The van der Waals surface area contributed by atoms with Gasteiger partial charge in [0.15, 0.2) is 0 Å². The number of allylic oxidation sites excluding steroid dienone is 3. The molecule has 0 saturated carbocycles. The van der Waals surface area contributed by atoms with Gasteiger partial charge in [-0.3, -0.25) is 4.79 Å². The van der Waals surface area contributed by atoms with Gasteiger partial charge >= 0.3 is 0 Å². The highest BCUT2D eigenvalue weighted by Crippen LogP contribution is 2.22. The van der Waals surface area contributed by atoms with Crippen molar-refractivity contribution in [1.29, 1.82) is 0 Å². The van der Waals surface area contributed by atoms with Gasteiger partial charge in [0.25, 0.3) is 5.91 Å². The van der Waals surface area contributed by atoms with Gasteiger partial charge in [-0.05, 0) is 60.4 Å². The average Bonchev–Trinajstić information content (AvgIpc) is 2.87. The molecule has 1 aliphatic carbocycles. The minimum Gasteiger partial charge on any atom is -0.371 e. The zero-order valence-electron chi connectivity index (χ0n) is 14.5. The van der Waals surface area contributed by atoms with Gasteiger partial charge in [-0.2, -0.15) is 0 Å². The predicted octanol–water partition coefficient (Wildman–Crippen LogP) is 2.81. The Labute approximate surface area is 148 Å². The molecule has 4 heteroatoms. The van der Waals surface area contributed by atoms with Crippen molar-refractivity contribution in [2.45, 2.75) is 19.4 Å². The molecule has 4 nitrogen and oxygen atoms in total. The molecule has 1 aromatic carbocycles. The van der Waals surface area contributed by atoms with Crippen molar-refractivity contribution in [3.05, 3.63) is 82.8 Å². The third kappa shape index (κ3) is 3.25. The maximum Gasteiger partial charge on any atom is 0.251 e. The van der Waals surface area contributed by atoms with Crippen LogP contribution in [0.2, 0.25) is 0 Å². The van der Waals surface area contributed by atoms with Crippen LogP contribution >= 0.6 is 0 Å². The Kier molecular flexibility index (Phi) is 4.18. The highest BCUT2D eigenvalue weighted by molar-refractivity contribution is 5.94. The zero-order valence-corrected chi connectivity index (χ0v) is 14.5. The van der Waals surface area contributed by atoms with Crippen molar-refractivity contribution < 1.29 is 4.79 Å². The molecule has 4 rings (SSSR count). The summed E-state index contributed by atoms with van der Waals surface area (Å²) in [5.74, 6) is -0.00487. The standard InChI is InChI=1S/C21H23N3O/c1-23-11-3-6-20(23)15-22-21(25)18-8-7-16-9-12-24(19-4-2-5-19)13-10-17(16)14-18/h2-8,11,14H,9-10,12-13,15H2,1H3,(H,22,25). The number of benzene rings is 1. The molecule has 0 atom stereocenters. The van der Waals surface area contributed by atoms with Gasteiger partial charge in [-0.15, -0.1) is 0 Å². The molecule has 0 spiro atoms. The molecule has 0 bridgehead atoms. The van der Waals surface area contributed by atoms with Gasteiger partial charge in [0.2, 0.25) is 0 Å². The molecular formula is C21H23N3O. The molecule has 128 valence electrons. The molecule has 1 aliphatic heterocycles. The van der Waals surface area contributed by atoms with Crippen molar-refractivity contribution in [1.82, 2.24) is 14.8 Å². The summed E-state index contributed by atoms with van der Waals surface area (Å²) in [6.45, 7) is 2.60. The molecule has 1 aromatic heterocycles. The third-order valence-corrected chi connectivity index (χ3v) is 5.15. The summed E-state index contributed by atoms with van der Waals surface area (Å²) in [5, 5.41) is 3.02. The SMILES string of the molecule is Cn1cccc1CNC(=O)c1ccc2c(c1)CCN(C1=CC=C1)CC2. The number of carbonyl (C=O) groups excluding carboxylic acids is 1. The van der Waals surface area contributed by atoms with Crippen molar-refractivity contribution in [2.75, 3.05) is 13.1 Å². The first kappa shape index (κ1) is 15.8. The monoisotopic (exact) mass is 333 g/mol. The second kappa shape index (κ2) is 6.63. The summed E-state index contributed by atoms with van der Waals surface area (Å²) in [5.41, 5.74) is 5.85. The van der Waals surface area contributed by atoms with E-state index in [1.807, 2.05) is 36.0 Å². The van der Waals surface area contributed by atoms with E-state index in [0.29, 0.717) is 6.54 Å². The Bertz CT molecular complexity index is 860. The number of hydrogen-bond donors (Lipinski definition) is 1. The molecular weight excluding hydrogens is 310 g/mol. The first-order chi connectivity index (χ1) is 12.2. The van der Waals surface area contributed by atoms with Crippen LogP contribution < -0.4 is 5.32 Å². The van der Waals surface area contributed by atoms with E-state index in [0.717, 1.165) is 37.2 Å². The molecule has 0 fully saturated rings. The second-order valence-electron chi connectivity index (χ2n) is 6.71. The fourth-order valence-electron chi connectivity index (χ4n) is 3.47. The van der Waals surface area contributed by atoms with Crippen LogP contribution in [-0.4, -0.2) is 28.5 Å². The maximum absolute atomic E-state index is 12.5. The van der Waals surface area contributed by atoms with Crippen molar-refractivity contribution >= 4 is 5.91 Å². The topological polar surface area (TPSA) is 37.3 Å². The number of rotatable bonds is 4. The van der Waals surface area contributed by atoms with Gasteiger partial charge in [0.05, 0.1) is 6.54 Å². The second-order valence-corrected chi connectivity index (χ2v) is 6.71. The lowest BCUT2D eigenvalue weighted by atomic mass is 10.00. The van der Waals surface area contributed by atoms with Crippen LogP contribution in [-0.2, 0) is 26.4 Å². The van der Waals surface area contributed by atoms with E-state index < -0.39 is 0 Å². The lowest BCUT2D eigenvalue weighted by Crippen LogP contribution is -2.26. The van der Waals surface area contributed by atoms with E-state index in [9.17, 15) is 4.79 Å². The number of aromatic nitrogens is 1. The Morgan fingerprint density at radius 2 is 1.96 bits per heavy atom. The lowest BCUT2D eigenvalue weighted by molar-refractivity contribution is 0.0950. The number of amides is 1. The molecule has 1 amide bonds. The van der Waals surface area contributed by atoms with Crippen LogP contribution in [0.1, 0.15) is 27.2 Å². The Morgan fingerprint density at radius 3 is 2.64 bits per heavy atom. The Morgan fingerprint density at radius 1 is 1.16 bits per heavy atom. The minimum atomic E-state index is -0.00487. The molecule has 1 N–H and O–H groups in total. The highest BCUT2D eigenvalue weighted by atomic mass is 16.1. The third-order valence-electron chi connectivity index (χ3n) is 5.15. The van der Waals surface area contributed by atoms with Crippen LogP contribution in [0, 0.1) is 0 Å². The van der Waals surface area contributed by atoms with E-state index in [2.05, 4.69) is 40.6 Å². The van der Waals surface area contributed by atoms with Crippen LogP contribution in [0.3, 0.4) is 0 Å². The first-order valence-electron chi connectivity index (χ1n) is 8.84. The summed E-state index contributed by atoms with van der Waals surface area (Å²) in [7, 11) is 1.99. The van der Waals surface area contributed by atoms with Crippen LogP contribution in [0.15, 0.2) is 60.5 Å². The van der Waals surface area contributed by atoms with Gasteiger partial charge < -0.3 is 14.8 Å². The summed E-state index contributed by atoms with van der Waals surface area (Å²) < 4.78 is 2.02. The van der Waals surface area contributed by atoms with Crippen LogP contribution in [0.25, 0.3) is 0 Å². The summed E-state index contributed by atoms with van der Waals surface area (Å²) in [6.07, 6.45) is 10.4. The first-order valence-corrected chi connectivity index (χ1v) is 8.84. The van der Waals surface area contributed by atoms with Crippen molar-refractivity contribution in [3.8, 4) is 0 Å². The van der Waals surface area contributed by atoms with Gasteiger partial charge in [-0.25, -0.2) is 0 Å². The predicted molar refractivity (Wildman–Crippen MR) is 99.2 cm³/mol. The van der Waals surface area contributed by atoms with E-state index in [4.69, 9.17) is 0 Å². The normalized spacial score (nSPS) is 15.9. The van der Waals surface area contributed by atoms with E-state index in [-0.39, 0.29) is 5.91 Å². The number of carbonyl (C=O) groups is 1. The lowest BCUT2D eigenvalue weighted by Gasteiger charge is -2.26. The molecule has 0 saturated heterocycles. The largest absolute Gasteiger partial charge is 0.371 e. The number of hydrogen-bond acceptors (Lipinski definition) is 2.